The summed E-state index contributed by atoms with van der Waals surface area (Å²) >= 11 is 1.69. The van der Waals surface area contributed by atoms with Crippen molar-refractivity contribution in [2.75, 3.05) is 13.2 Å². The third-order valence-electron chi connectivity index (χ3n) is 5.44. The Morgan fingerprint density at radius 3 is 2.93 bits per heavy atom. The van der Waals surface area contributed by atoms with Crippen LogP contribution in [0.4, 0.5) is 0 Å². The van der Waals surface area contributed by atoms with Crippen molar-refractivity contribution >= 4 is 21.6 Å². The molecule has 0 radical (unpaired) electrons. The molecular formula is C22H27N3O2S. The third-order valence-corrected chi connectivity index (χ3v) is 6.58. The van der Waals surface area contributed by atoms with Gasteiger partial charge in [-0.15, -0.1) is 11.3 Å². The standard InChI is InChI=1S/C22H27N3O2S/c1-13-4-7-16(8-5-13)27-11-10-23-15(3)20-24-21(26)19-17-9-6-14(2)12-18(17)28-22(19)25-20/h4-5,7-8,14-15,23H,6,9-12H2,1-3H3,(H,24,25,26)/t14-,15+/m0/s1. The van der Waals surface area contributed by atoms with Crippen LogP contribution in [0.1, 0.15) is 48.1 Å². The maximum atomic E-state index is 12.7. The molecule has 28 heavy (non-hydrogen) atoms. The van der Waals surface area contributed by atoms with Gasteiger partial charge in [0.1, 0.15) is 23.0 Å². The molecule has 1 aliphatic carbocycles. The Morgan fingerprint density at radius 1 is 1.36 bits per heavy atom. The number of nitrogens with zero attached hydrogens (tertiary/aromatic N) is 1. The average Bonchev–Trinajstić information content (AvgIpc) is 3.04. The average molecular weight is 398 g/mol. The lowest BCUT2D eigenvalue weighted by atomic mass is 9.89. The number of ether oxygens (including phenoxy) is 1. The molecule has 0 fully saturated rings. The Kier molecular flexibility index (Phi) is 5.51. The summed E-state index contributed by atoms with van der Waals surface area (Å²) in [5.41, 5.74) is 2.44. The first-order valence-electron chi connectivity index (χ1n) is 9.98. The first kappa shape index (κ1) is 19.2. The van der Waals surface area contributed by atoms with Gasteiger partial charge < -0.3 is 15.0 Å². The van der Waals surface area contributed by atoms with Crippen LogP contribution in [0.5, 0.6) is 5.75 Å². The number of aromatic amines is 1. The van der Waals surface area contributed by atoms with E-state index in [1.165, 1.54) is 16.0 Å². The highest BCUT2D eigenvalue weighted by molar-refractivity contribution is 7.18. The van der Waals surface area contributed by atoms with Crippen LogP contribution in [0.3, 0.4) is 0 Å². The molecule has 3 aromatic rings. The van der Waals surface area contributed by atoms with Gasteiger partial charge in [0.05, 0.1) is 11.4 Å². The number of H-pyrrole nitrogens is 1. The fourth-order valence-corrected chi connectivity index (χ4v) is 5.14. The SMILES string of the molecule is Cc1ccc(OCCN[C@H](C)c2nc3sc4c(c3c(=O)[nH]2)CC[C@H](C)C4)cc1. The molecule has 1 aliphatic rings. The molecule has 2 N–H and O–H groups in total. The summed E-state index contributed by atoms with van der Waals surface area (Å²) in [6.45, 7) is 7.59. The highest BCUT2D eigenvalue weighted by Gasteiger charge is 2.23. The van der Waals surface area contributed by atoms with Crippen LogP contribution < -0.4 is 15.6 Å². The van der Waals surface area contributed by atoms with Gasteiger partial charge >= 0.3 is 0 Å². The molecule has 0 spiro atoms. The highest BCUT2D eigenvalue weighted by Crippen LogP contribution is 2.35. The molecule has 5 nitrogen and oxygen atoms in total. The molecule has 0 amide bonds. The minimum atomic E-state index is -0.0447. The molecule has 0 unspecified atom stereocenters. The lowest BCUT2D eigenvalue weighted by Crippen LogP contribution is -2.27. The van der Waals surface area contributed by atoms with Crippen molar-refractivity contribution in [1.82, 2.24) is 15.3 Å². The number of benzene rings is 1. The predicted octanol–water partition coefficient (Wildman–Crippen LogP) is 4.15. The van der Waals surface area contributed by atoms with Crippen LogP contribution in [-0.2, 0) is 12.8 Å². The van der Waals surface area contributed by atoms with Gasteiger partial charge in [-0.1, -0.05) is 24.6 Å². The number of thiophene rings is 1. The van der Waals surface area contributed by atoms with E-state index < -0.39 is 0 Å². The summed E-state index contributed by atoms with van der Waals surface area (Å²) in [4.78, 5) is 22.7. The second-order valence-corrected chi connectivity index (χ2v) is 8.90. The Bertz CT molecular complexity index is 1020. The molecule has 148 valence electrons. The maximum absolute atomic E-state index is 12.7. The van der Waals surface area contributed by atoms with Gasteiger partial charge in [0.15, 0.2) is 0 Å². The molecule has 0 saturated carbocycles. The van der Waals surface area contributed by atoms with Crippen LogP contribution in [-0.4, -0.2) is 23.1 Å². The van der Waals surface area contributed by atoms with E-state index in [0.717, 1.165) is 35.2 Å². The molecule has 4 rings (SSSR count). The summed E-state index contributed by atoms with van der Waals surface area (Å²) in [6, 6.07) is 7.99. The Balaban J connectivity index is 1.42. The van der Waals surface area contributed by atoms with Crippen molar-refractivity contribution in [3.63, 3.8) is 0 Å². The lowest BCUT2D eigenvalue weighted by molar-refractivity contribution is 0.306. The monoisotopic (exact) mass is 397 g/mol. The van der Waals surface area contributed by atoms with Crippen molar-refractivity contribution in [1.29, 1.82) is 0 Å². The van der Waals surface area contributed by atoms with Crippen LogP contribution in [0.15, 0.2) is 29.1 Å². The summed E-state index contributed by atoms with van der Waals surface area (Å²) in [6.07, 6.45) is 3.21. The van der Waals surface area contributed by atoms with Crippen LogP contribution in [0, 0.1) is 12.8 Å². The number of aromatic nitrogens is 2. The van der Waals surface area contributed by atoms with Gasteiger partial charge in [-0.25, -0.2) is 4.98 Å². The molecule has 0 bridgehead atoms. The number of hydrogen-bond donors (Lipinski definition) is 2. The lowest BCUT2D eigenvalue weighted by Gasteiger charge is -2.17. The van der Waals surface area contributed by atoms with Crippen molar-refractivity contribution < 1.29 is 4.74 Å². The van der Waals surface area contributed by atoms with E-state index >= 15 is 0 Å². The molecule has 0 saturated heterocycles. The van der Waals surface area contributed by atoms with Gasteiger partial charge in [-0.3, -0.25) is 4.79 Å². The first-order chi connectivity index (χ1) is 13.5. The number of hydrogen-bond acceptors (Lipinski definition) is 5. The van der Waals surface area contributed by atoms with Crippen molar-refractivity contribution in [2.24, 2.45) is 5.92 Å². The third kappa shape index (κ3) is 3.98. The van der Waals surface area contributed by atoms with Gasteiger partial charge in [0.25, 0.3) is 5.56 Å². The number of aryl methyl sites for hydroxylation is 2. The Morgan fingerprint density at radius 2 is 2.14 bits per heavy atom. The number of nitrogens with one attached hydrogen (secondary N) is 2. The zero-order valence-corrected chi connectivity index (χ0v) is 17.5. The minimum absolute atomic E-state index is 0.00314. The highest BCUT2D eigenvalue weighted by atomic mass is 32.1. The van der Waals surface area contributed by atoms with Crippen molar-refractivity contribution in [3.05, 3.63) is 56.4 Å². The van der Waals surface area contributed by atoms with Crippen LogP contribution in [0.25, 0.3) is 10.2 Å². The normalized spacial score (nSPS) is 17.5. The molecule has 1 aromatic carbocycles. The molecular weight excluding hydrogens is 370 g/mol. The smallest absolute Gasteiger partial charge is 0.259 e. The topological polar surface area (TPSA) is 67.0 Å². The van der Waals surface area contributed by atoms with E-state index in [2.05, 4.69) is 24.1 Å². The summed E-state index contributed by atoms with van der Waals surface area (Å²) in [5, 5.41) is 4.20. The van der Waals surface area contributed by atoms with Gasteiger partial charge in [-0.2, -0.15) is 0 Å². The molecule has 2 aromatic heterocycles. The quantitative estimate of drug-likeness (QED) is 0.613. The van der Waals surface area contributed by atoms with E-state index in [9.17, 15) is 4.79 Å². The first-order valence-corrected chi connectivity index (χ1v) is 10.8. The van der Waals surface area contributed by atoms with Gasteiger partial charge in [-0.05, 0) is 56.7 Å². The second kappa shape index (κ2) is 8.05. The van der Waals surface area contributed by atoms with E-state index in [1.807, 2.05) is 31.2 Å². The largest absolute Gasteiger partial charge is 0.492 e. The molecule has 0 aliphatic heterocycles. The summed E-state index contributed by atoms with van der Waals surface area (Å²) in [7, 11) is 0. The molecule has 6 heteroatoms. The predicted molar refractivity (Wildman–Crippen MR) is 115 cm³/mol. The summed E-state index contributed by atoms with van der Waals surface area (Å²) < 4.78 is 5.75. The zero-order chi connectivity index (χ0) is 19.7. The minimum Gasteiger partial charge on any atom is -0.492 e. The molecule has 2 atom stereocenters. The van der Waals surface area contributed by atoms with E-state index in [1.54, 1.807) is 11.3 Å². The Labute approximate surface area is 169 Å². The Hall–Kier alpha value is -2.18. The van der Waals surface area contributed by atoms with Crippen LogP contribution >= 0.6 is 11.3 Å². The van der Waals surface area contributed by atoms with E-state index in [0.29, 0.717) is 24.9 Å². The summed E-state index contributed by atoms with van der Waals surface area (Å²) in [5.74, 6) is 2.25. The van der Waals surface area contributed by atoms with Crippen LogP contribution in [0.2, 0.25) is 0 Å². The zero-order valence-electron chi connectivity index (χ0n) is 16.7. The molecule has 2 heterocycles. The van der Waals surface area contributed by atoms with Gasteiger partial charge in [0, 0.05) is 11.4 Å². The van der Waals surface area contributed by atoms with E-state index in [-0.39, 0.29) is 11.6 Å². The number of fused-ring (bicyclic) bond motifs is 3. The second-order valence-electron chi connectivity index (χ2n) is 7.82. The van der Waals surface area contributed by atoms with E-state index in [4.69, 9.17) is 9.72 Å². The number of rotatable bonds is 6. The van der Waals surface area contributed by atoms with Crippen molar-refractivity contribution in [2.45, 2.75) is 46.1 Å². The van der Waals surface area contributed by atoms with Gasteiger partial charge in [0.2, 0.25) is 0 Å². The fourth-order valence-electron chi connectivity index (χ4n) is 3.75. The van der Waals surface area contributed by atoms with Crippen molar-refractivity contribution in [3.8, 4) is 5.75 Å². The fraction of sp³-hybridized carbons (Fsp3) is 0.455. The maximum Gasteiger partial charge on any atom is 0.259 e.